The quantitative estimate of drug-likeness (QED) is 0.417. The summed E-state index contributed by atoms with van der Waals surface area (Å²) < 4.78 is 1.67. The minimum Gasteiger partial charge on any atom is -0.368 e. The molecule has 1 saturated heterocycles. The number of pyridine rings is 2. The predicted molar refractivity (Wildman–Crippen MR) is 154 cm³/mol. The highest BCUT2D eigenvalue weighted by Crippen LogP contribution is 2.26. The molecule has 0 unspecified atom stereocenters. The van der Waals surface area contributed by atoms with E-state index in [4.69, 9.17) is 4.98 Å². The van der Waals surface area contributed by atoms with Crippen molar-refractivity contribution in [3.05, 3.63) is 46.0 Å². The summed E-state index contributed by atoms with van der Waals surface area (Å²) in [6.45, 7) is 19.3. The highest BCUT2D eigenvalue weighted by Gasteiger charge is 2.23. The van der Waals surface area contributed by atoms with Crippen molar-refractivity contribution in [1.29, 1.82) is 0 Å². The summed E-state index contributed by atoms with van der Waals surface area (Å²) in [6, 6.07) is 3.94. The van der Waals surface area contributed by atoms with Crippen LogP contribution in [0.15, 0.2) is 29.3 Å². The second-order valence-corrected chi connectivity index (χ2v) is 11.5. The Kier molecular flexibility index (Phi) is 8.16. The number of carbonyl (C=O) groups excluding carboxylic acids is 1. The molecule has 1 aliphatic heterocycles. The van der Waals surface area contributed by atoms with Crippen LogP contribution in [0.3, 0.4) is 0 Å². The number of hydrogen-bond acceptors (Lipinski definition) is 8. The molecule has 4 rings (SSSR count). The molecular weight excluding hydrogens is 478 g/mol. The van der Waals surface area contributed by atoms with Gasteiger partial charge in [-0.3, -0.25) is 19.1 Å². The molecule has 38 heavy (non-hydrogen) atoms. The summed E-state index contributed by atoms with van der Waals surface area (Å²) in [5, 5.41) is 3.90. The van der Waals surface area contributed by atoms with Crippen LogP contribution in [0.1, 0.15) is 76.3 Å². The van der Waals surface area contributed by atoms with Crippen molar-refractivity contribution in [3.63, 3.8) is 0 Å². The Hall–Kier alpha value is -3.33. The summed E-state index contributed by atoms with van der Waals surface area (Å²) in [4.78, 5) is 44.4. The van der Waals surface area contributed by atoms with E-state index in [2.05, 4.69) is 51.9 Å². The molecule has 0 atom stereocenters. The topological polar surface area (TPSA) is 96.2 Å². The fraction of sp³-hybridized carbons (Fsp3) is 0.552. The maximum atomic E-state index is 13.4. The number of anilines is 3. The fourth-order valence-corrected chi connectivity index (χ4v) is 5.40. The van der Waals surface area contributed by atoms with Crippen LogP contribution in [0, 0.1) is 12.3 Å². The summed E-state index contributed by atoms with van der Waals surface area (Å²) in [5.74, 6) is 0.756. The molecule has 0 saturated carbocycles. The summed E-state index contributed by atoms with van der Waals surface area (Å²) in [5.41, 5.74) is 2.49. The van der Waals surface area contributed by atoms with Gasteiger partial charge < -0.3 is 10.2 Å². The monoisotopic (exact) mass is 519 g/mol. The number of Topliss-reactive ketones (excluding diaryl/α,β-unsaturated/α-hetero) is 1. The number of nitrogens with one attached hydrogen (secondary N) is 1. The van der Waals surface area contributed by atoms with Crippen LogP contribution in [-0.2, 0) is 0 Å². The average Bonchev–Trinajstić information content (AvgIpc) is 2.86. The van der Waals surface area contributed by atoms with Crippen LogP contribution in [0.4, 0.5) is 17.5 Å². The van der Waals surface area contributed by atoms with Crippen molar-refractivity contribution >= 4 is 34.3 Å². The average molecular weight is 520 g/mol. The van der Waals surface area contributed by atoms with Crippen LogP contribution in [0.2, 0.25) is 0 Å². The largest absolute Gasteiger partial charge is 0.368 e. The lowest BCUT2D eigenvalue weighted by Gasteiger charge is -2.38. The first-order valence-corrected chi connectivity index (χ1v) is 13.7. The third-order valence-electron chi connectivity index (χ3n) is 7.29. The number of aryl methyl sites for hydroxylation is 1. The van der Waals surface area contributed by atoms with E-state index in [9.17, 15) is 9.59 Å². The van der Waals surface area contributed by atoms with Crippen molar-refractivity contribution in [1.82, 2.24) is 24.4 Å². The van der Waals surface area contributed by atoms with Crippen LogP contribution >= 0.6 is 0 Å². The lowest BCUT2D eigenvalue weighted by molar-refractivity contribution is 0.101. The minimum atomic E-state index is -0.286. The molecular formula is C29H41N7O2. The first-order chi connectivity index (χ1) is 18.0. The Labute approximate surface area is 225 Å². The third-order valence-corrected chi connectivity index (χ3v) is 7.29. The zero-order chi connectivity index (χ0) is 27.6. The van der Waals surface area contributed by atoms with Gasteiger partial charge in [0.15, 0.2) is 5.78 Å². The maximum Gasteiger partial charge on any atom is 0.263 e. The van der Waals surface area contributed by atoms with Gasteiger partial charge in [0, 0.05) is 50.3 Å². The maximum absolute atomic E-state index is 13.4. The molecule has 4 heterocycles. The first kappa shape index (κ1) is 27.7. The van der Waals surface area contributed by atoms with E-state index in [0.717, 1.165) is 51.3 Å². The van der Waals surface area contributed by atoms with Crippen molar-refractivity contribution in [3.8, 4) is 0 Å². The number of hydrogen-bond donors (Lipinski definition) is 1. The van der Waals surface area contributed by atoms with E-state index >= 15 is 0 Å². The molecule has 9 nitrogen and oxygen atoms in total. The van der Waals surface area contributed by atoms with Crippen molar-refractivity contribution in [2.75, 3.05) is 42.9 Å². The van der Waals surface area contributed by atoms with Crippen LogP contribution in [0.5, 0.6) is 0 Å². The van der Waals surface area contributed by atoms with E-state index in [1.807, 2.05) is 26.1 Å². The number of ketones is 1. The number of rotatable bonds is 8. The number of nitrogens with zero attached hydrogens (tertiary/aromatic N) is 6. The number of fused-ring (bicyclic) bond motifs is 1. The number of carbonyl (C=O) groups is 1. The standard InChI is InChI=1S/C29H41N7O2/c1-8-21(9-2)36-26-23(19(3)25(20(4)37)27(36)38)17-31-28(33-26)32-24-11-10-22(16-30-24)35-14-12-34(13-15-35)18-29(5,6)7/h10-11,16-17,21H,8-9,12-15,18H2,1-7H3,(H,30,31,32,33). The van der Waals surface area contributed by atoms with Crippen LogP contribution < -0.4 is 15.8 Å². The Morgan fingerprint density at radius 2 is 1.74 bits per heavy atom. The zero-order valence-corrected chi connectivity index (χ0v) is 23.8. The molecule has 0 aromatic carbocycles. The second kappa shape index (κ2) is 11.2. The number of piperazine rings is 1. The lowest BCUT2D eigenvalue weighted by Crippen LogP contribution is -2.48. The van der Waals surface area contributed by atoms with E-state index in [1.165, 1.54) is 6.92 Å². The smallest absolute Gasteiger partial charge is 0.263 e. The first-order valence-electron chi connectivity index (χ1n) is 13.7. The van der Waals surface area contributed by atoms with E-state index in [1.54, 1.807) is 17.7 Å². The Morgan fingerprint density at radius 3 is 2.29 bits per heavy atom. The van der Waals surface area contributed by atoms with E-state index in [-0.39, 0.29) is 22.9 Å². The highest BCUT2D eigenvalue weighted by atomic mass is 16.1. The molecule has 9 heteroatoms. The van der Waals surface area contributed by atoms with Crippen LogP contribution in [-0.4, -0.2) is 62.9 Å². The van der Waals surface area contributed by atoms with Gasteiger partial charge in [0.25, 0.3) is 5.56 Å². The predicted octanol–water partition coefficient (Wildman–Crippen LogP) is 4.97. The molecule has 0 radical (unpaired) electrons. The normalized spacial score (nSPS) is 14.9. The third kappa shape index (κ3) is 5.88. The summed E-state index contributed by atoms with van der Waals surface area (Å²) in [7, 11) is 0. The molecule has 0 amide bonds. The van der Waals surface area contributed by atoms with E-state index in [0.29, 0.717) is 33.8 Å². The van der Waals surface area contributed by atoms with Gasteiger partial charge in [0.2, 0.25) is 5.95 Å². The van der Waals surface area contributed by atoms with Gasteiger partial charge in [-0.25, -0.2) is 9.97 Å². The molecule has 0 bridgehead atoms. The molecule has 3 aromatic heterocycles. The van der Waals surface area contributed by atoms with Gasteiger partial charge in [-0.2, -0.15) is 4.98 Å². The number of aromatic nitrogens is 4. The second-order valence-electron chi connectivity index (χ2n) is 11.5. The van der Waals surface area contributed by atoms with Gasteiger partial charge in [0.1, 0.15) is 11.5 Å². The Bertz CT molecular complexity index is 1350. The molecule has 1 fully saturated rings. The minimum absolute atomic E-state index is 0.0623. The molecule has 1 N–H and O–H groups in total. The van der Waals surface area contributed by atoms with Crippen molar-refractivity contribution in [2.45, 2.75) is 67.3 Å². The lowest BCUT2D eigenvalue weighted by atomic mass is 9.96. The molecule has 0 aliphatic carbocycles. The SMILES string of the molecule is CCC(CC)n1c(=O)c(C(C)=O)c(C)c2cnc(Nc3ccc(N4CCN(CC(C)(C)C)CC4)cn3)nc21. The highest BCUT2D eigenvalue weighted by molar-refractivity contribution is 5.99. The van der Waals surface area contributed by atoms with Crippen molar-refractivity contribution in [2.24, 2.45) is 5.41 Å². The van der Waals surface area contributed by atoms with Gasteiger partial charge in [-0.05, 0) is 49.8 Å². The molecule has 204 valence electrons. The van der Waals surface area contributed by atoms with Gasteiger partial charge >= 0.3 is 0 Å². The Morgan fingerprint density at radius 1 is 1.05 bits per heavy atom. The Balaban J connectivity index is 1.57. The fourth-order valence-electron chi connectivity index (χ4n) is 5.40. The van der Waals surface area contributed by atoms with E-state index < -0.39 is 0 Å². The molecule has 3 aromatic rings. The summed E-state index contributed by atoms with van der Waals surface area (Å²) in [6.07, 6.45) is 5.08. The molecule has 1 aliphatic rings. The summed E-state index contributed by atoms with van der Waals surface area (Å²) >= 11 is 0. The molecule has 0 spiro atoms. The van der Waals surface area contributed by atoms with Gasteiger partial charge in [-0.1, -0.05) is 34.6 Å². The van der Waals surface area contributed by atoms with Gasteiger partial charge in [0.05, 0.1) is 17.4 Å². The van der Waals surface area contributed by atoms with Crippen LogP contribution in [0.25, 0.3) is 11.0 Å². The van der Waals surface area contributed by atoms with Gasteiger partial charge in [-0.15, -0.1) is 0 Å². The zero-order valence-electron chi connectivity index (χ0n) is 23.8. The van der Waals surface area contributed by atoms with Crippen molar-refractivity contribution < 1.29 is 4.79 Å².